The zero-order valence-electron chi connectivity index (χ0n) is 22.5. The third-order valence-corrected chi connectivity index (χ3v) is 6.28. The lowest BCUT2D eigenvalue weighted by Crippen LogP contribution is -2.50. The number of fused-ring (bicyclic) bond motifs is 1. The fraction of sp³-hybridized carbons (Fsp3) is 0.462. The SMILES string of the molecule is COc1cc2nnnc(N[C@H](C)c3cc(N)cc(C(F)(F)F)c3)c2cc1N1CCN(C(=O)OC(C)(C)C)CC1. The van der Waals surface area contributed by atoms with Crippen LogP contribution >= 0.6 is 0 Å². The molecule has 0 aliphatic carbocycles. The van der Waals surface area contributed by atoms with Crippen LogP contribution in [-0.2, 0) is 10.9 Å². The second-order valence-corrected chi connectivity index (χ2v) is 10.4. The molecule has 0 saturated carbocycles. The molecule has 0 spiro atoms. The molecule has 10 nitrogen and oxygen atoms in total. The van der Waals surface area contributed by atoms with Gasteiger partial charge in [-0.15, -0.1) is 10.2 Å². The molecule has 3 aromatic rings. The second kappa shape index (κ2) is 10.6. The minimum atomic E-state index is -4.52. The lowest BCUT2D eigenvalue weighted by Gasteiger charge is -2.37. The van der Waals surface area contributed by atoms with Crippen LogP contribution in [0.2, 0.25) is 0 Å². The van der Waals surface area contributed by atoms with Crippen molar-refractivity contribution in [2.24, 2.45) is 0 Å². The number of hydrogen-bond donors (Lipinski definition) is 2. The number of anilines is 3. The number of halogens is 3. The van der Waals surface area contributed by atoms with Crippen molar-refractivity contribution < 1.29 is 27.4 Å². The van der Waals surface area contributed by atoms with Gasteiger partial charge in [-0.25, -0.2) is 4.79 Å². The lowest BCUT2D eigenvalue weighted by atomic mass is 10.0. The number of nitrogens with two attached hydrogens (primary N) is 1. The summed E-state index contributed by atoms with van der Waals surface area (Å²) in [5, 5.41) is 15.8. The van der Waals surface area contributed by atoms with E-state index in [1.807, 2.05) is 26.8 Å². The van der Waals surface area contributed by atoms with Gasteiger partial charge < -0.3 is 30.3 Å². The molecular weight excluding hydrogens is 515 g/mol. The van der Waals surface area contributed by atoms with Gasteiger partial charge in [0.25, 0.3) is 0 Å². The standard InChI is InChI=1S/C26H32F3N7O3/c1-15(16-10-17(26(27,28)29)12-18(30)11-16)31-23-19-13-21(22(38-5)14-20(19)32-34-33-23)35-6-8-36(9-7-35)24(37)39-25(2,3)4/h10-15H,6-9,30H2,1-5H3,(H,31,32,33)/t15-/m1/s1. The summed E-state index contributed by atoms with van der Waals surface area (Å²) >= 11 is 0. The topological polar surface area (TPSA) is 119 Å². The molecule has 1 amide bonds. The molecule has 1 atom stereocenters. The Bertz CT molecular complexity index is 1350. The van der Waals surface area contributed by atoms with E-state index in [1.54, 1.807) is 25.0 Å². The number of nitrogens with zero attached hydrogens (tertiary/aromatic N) is 5. The molecular formula is C26H32F3N7O3. The number of carbonyl (C=O) groups is 1. The van der Waals surface area contributed by atoms with Gasteiger partial charge in [0.2, 0.25) is 0 Å². The number of benzene rings is 2. The number of nitrogen functional groups attached to an aromatic ring is 1. The predicted molar refractivity (Wildman–Crippen MR) is 142 cm³/mol. The number of rotatable bonds is 5. The first-order valence-corrected chi connectivity index (χ1v) is 12.4. The van der Waals surface area contributed by atoms with Gasteiger partial charge in [0.05, 0.1) is 24.4 Å². The molecule has 0 bridgehead atoms. The number of carbonyl (C=O) groups excluding carboxylic acids is 1. The quantitative estimate of drug-likeness (QED) is 0.432. The zero-order valence-corrected chi connectivity index (χ0v) is 22.5. The van der Waals surface area contributed by atoms with Crippen LogP contribution in [-0.4, -0.2) is 65.3 Å². The van der Waals surface area contributed by atoms with Crippen LogP contribution in [0.5, 0.6) is 5.75 Å². The summed E-state index contributed by atoms with van der Waals surface area (Å²) in [5.74, 6) is 0.915. The average Bonchev–Trinajstić information content (AvgIpc) is 2.86. The third-order valence-electron chi connectivity index (χ3n) is 6.28. The first-order valence-electron chi connectivity index (χ1n) is 12.4. The molecule has 39 heavy (non-hydrogen) atoms. The van der Waals surface area contributed by atoms with E-state index in [2.05, 4.69) is 25.6 Å². The van der Waals surface area contributed by atoms with Crippen LogP contribution in [0.1, 0.15) is 44.9 Å². The Morgan fingerprint density at radius 3 is 2.36 bits per heavy atom. The molecule has 1 aliphatic rings. The van der Waals surface area contributed by atoms with Crippen LogP contribution in [0, 0.1) is 0 Å². The monoisotopic (exact) mass is 547 g/mol. The van der Waals surface area contributed by atoms with Gasteiger partial charge in [-0.1, -0.05) is 0 Å². The van der Waals surface area contributed by atoms with E-state index < -0.39 is 23.4 Å². The maximum absolute atomic E-state index is 13.3. The van der Waals surface area contributed by atoms with Gasteiger partial charge >= 0.3 is 12.3 Å². The summed E-state index contributed by atoms with van der Waals surface area (Å²) in [7, 11) is 1.55. The summed E-state index contributed by atoms with van der Waals surface area (Å²) in [4.78, 5) is 16.2. The first-order chi connectivity index (χ1) is 18.2. The second-order valence-electron chi connectivity index (χ2n) is 10.4. The van der Waals surface area contributed by atoms with Crippen LogP contribution in [0.25, 0.3) is 10.9 Å². The third kappa shape index (κ3) is 6.52. The highest BCUT2D eigenvalue weighted by Gasteiger charge is 2.32. The first kappa shape index (κ1) is 28.0. The van der Waals surface area contributed by atoms with E-state index in [0.29, 0.717) is 54.2 Å². The largest absolute Gasteiger partial charge is 0.495 e. The number of piperazine rings is 1. The molecule has 13 heteroatoms. The van der Waals surface area contributed by atoms with Crippen molar-refractivity contribution in [3.05, 3.63) is 41.5 Å². The summed E-state index contributed by atoms with van der Waals surface area (Å²) in [6.45, 7) is 9.18. The predicted octanol–water partition coefficient (Wildman–Crippen LogP) is 4.86. The Kier molecular flexibility index (Phi) is 7.62. The summed E-state index contributed by atoms with van der Waals surface area (Å²) in [5.41, 5.74) is 5.97. The van der Waals surface area contributed by atoms with Crippen LogP contribution in [0.15, 0.2) is 30.3 Å². The van der Waals surface area contributed by atoms with E-state index in [9.17, 15) is 18.0 Å². The normalized spacial score (nSPS) is 15.3. The number of hydrogen-bond acceptors (Lipinski definition) is 9. The van der Waals surface area contributed by atoms with E-state index in [0.717, 1.165) is 17.8 Å². The molecule has 2 heterocycles. The number of alkyl halides is 3. The van der Waals surface area contributed by atoms with Gasteiger partial charge in [-0.05, 0) is 62.7 Å². The van der Waals surface area contributed by atoms with Crippen molar-refractivity contribution in [3.63, 3.8) is 0 Å². The molecule has 4 rings (SSSR count). The molecule has 2 aromatic carbocycles. The number of ether oxygens (including phenoxy) is 2. The van der Waals surface area contributed by atoms with E-state index in [4.69, 9.17) is 15.2 Å². The summed E-state index contributed by atoms with van der Waals surface area (Å²) in [6.07, 6.45) is -4.88. The van der Waals surface area contributed by atoms with Crippen LogP contribution < -0.4 is 20.7 Å². The highest BCUT2D eigenvalue weighted by molar-refractivity contribution is 5.93. The molecule has 0 unspecified atom stereocenters. The highest BCUT2D eigenvalue weighted by Crippen LogP contribution is 2.37. The van der Waals surface area contributed by atoms with Gasteiger partial charge in [0, 0.05) is 43.3 Å². The molecule has 210 valence electrons. The van der Waals surface area contributed by atoms with Gasteiger partial charge in [0.1, 0.15) is 16.9 Å². The Balaban J connectivity index is 1.60. The zero-order chi connectivity index (χ0) is 28.5. The minimum absolute atomic E-state index is 0.0108. The van der Waals surface area contributed by atoms with E-state index in [1.165, 1.54) is 6.07 Å². The lowest BCUT2D eigenvalue weighted by molar-refractivity contribution is -0.137. The molecule has 1 aromatic heterocycles. The Labute approximate surface area is 224 Å². The van der Waals surface area contributed by atoms with Crippen molar-refractivity contribution in [3.8, 4) is 5.75 Å². The van der Waals surface area contributed by atoms with Crippen molar-refractivity contribution in [2.75, 3.05) is 49.2 Å². The number of aromatic nitrogens is 3. The summed E-state index contributed by atoms with van der Waals surface area (Å²) in [6, 6.07) is 6.47. The van der Waals surface area contributed by atoms with Crippen LogP contribution in [0.4, 0.5) is 35.2 Å². The maximum atomic E-state index is 13.3. The number of nitrogens with one attached hydrogen (secondary N) is 1. The van der Waals surface area contributed by atoms with Crippen molar-refractivity contribution in [1.82, 2.24) is 20.3 Å². The minimum Gasteiger partial charge on any atom is -0.495 e. The smallest absolute Gasteiger partial charge is 0.416 e. The maximum Gasteiger partial charge on any atom is 0.416 e. The fourth-order valence-corrected chi connectivity index (χ4v) is 4.35. The molecule has 3 N–H and O–H groups in total. The molecule has 1 aliphatic heterocycles. The fourth-order valence-electron chi connectivity index (χ4n) is 4.35. The van der Waals surface area contributed by atoms with E-state index in [-0.39, 0.29) is 11.8 Å². The van der Waals surface area contributed by atoms with Gasteiger partial charge in [-0.2, -0.15) is 13.2 Å². The summed E-state index contributed by atoms with van der Waals surface area (Å²) < 4.78 is 51.1. The van der Waals surface area contributed by atoms with E-state index >= 15 is 0 Å². The molecule has 1 saturated heterocycles. The number of amides is 1. The Morgan fingerprint density at radius 2 is 1.74 bits per heavy atom. The number of methoxy groups -OCH3 is 1. The van der Waals surface area contributed by atoms with Crippen molar-refractivity contribution in [2.45, 2.75) is 45.5 Å². The van der Waals surface area contributed by atoms with Crippen molar-refractivity contribution >= 4 is 34.2 Å². The van der Waals surface area contributed by atoms with Crippen LogP contribution in [0.3, 0.4) is 0 Å². The Hall–Kier alpha value is -4.03. The molecule has 1 fully saturated rings. The Morgan fingerprint density at radius 1 is 1.05 bits per heavy atom. The molecule has 0 radical (unpaired) electrons. The van der Waals surface area contributed by atoms with Gasteiger partial charge in [0.15, 0.2) is 5.82 Å². The average molecular weight is 548 g/mol. The van der Waals surface area contributed by atoms with Gasteiger partial charge in [-0.3, -0.25) is 0 Å². The highest BCUT2D eigenvalue weighted by atomic mass is 19.4. The van der Waals surface area contributed by atoms with Crippen molar-refractivity contribution in [1.29, 1.82) is 0 Å².